The van der Waals surface area contributed by atoms with Gasteiger partial charge in [0.25, 0.3) is 0 Å². The fraction of sp³-hybridized carbons (Fsp3) is 1.00. The van der Waals surface area contributed by atoms with Crippen molar-refractivity contribution in [2.24, 2.45) is 23.2 Å². The summed E-state index contributed by atoms with van der Waals surface area (Å²) in [6, 6.07) is 0. The van der Waals surface area contributed by atoms with Gasteiger partial charge in [0.15, 0.2) is 0 Å². The quantitative estimate of drug-likeness (QED) is 0.666. The molecule has 0 saturated heterocycles. The second kappa shape index (κ2) is 6.93. The lowest BCUT2D eigenvalue weighted by Crippen LogP contribution is -2.42. The number of hydrogen-bond donors (Lipinski definition) is 1. The van der Waals surface area contributed by atoms with E-state index < -0.39 is 0 Å². The van der Waals surface area contributed by atoms with Gasteiger partial charge in [0.05, 0.1) is 0 Å². The van der Waals surface area contributed by atoms with Crippen molar-refractivity contribution in [3.8, 4) is 0 Å². The summed E-state index contributed by atoms with van der Waals surface area (Å²) in [5.41, 5.74) is 0.646. The SMILES string of the molecule is CCCC(C)C(C(C)CC(C)(C)NC)C(C)(C)C. The first-order valence-corrected chi connectivity index (χ1v) is 7.74. The van der Waals surface area contributed by atoms with E-state index in [1.165, 1.54) is 19.3 Å². The van der Waals surface area contributed by atoms with Crippen LogP contribution in [0.5, 0.6) is 0 Å². The Labute approximate surface area is 116 Å². The third-order valence-corrected chi connectivity index (χ3v) is 4.48. The van der Waals surface area contributed by atoms with E-state index in [2.05, 4.69) is 67.8 Å². The van der Waals surface area contributed by atoms with Crippen molar-refractivity contribution in [2.45, 2.75) is 80.2 Å². The normalized spacial score (nSPS) is 18.5. The maximum Gasteiger partial charge on any atom is 0.0124 e. The van der Waals surface area contributed by atoms with Gasteiger partial charge in [-0.05, 0) is 50.5 Å². The molecule has 0 spiro atoms. The molecule has 18 heavy (non-hydrogen) atoms. The van der Waals surface area contributed by atoms with E-state index >= 15 is 0 Å². The van der Waals surface area contributed by atoms with Crippen LogP contribution in [0.3, 0.4) is 0 Å². The van der Waals surface area contributed by atoms with Crippen LogP contribution >= 0.6 is 0 Å². The van der Waals surface area contributed by atoms with Gasteiger partial charge < -0.3 is 5.32 Å². The highest BCUT2D eigenvalue weighted by atomic mass is 14.9. The molecule has 0 aromatic heterocycles. The molecule has 0 aromatic rings. The van der Waals surface area contributed by atoms with Crippen molar-refractivity contribution in [3.63, 3.8) is 0 Å². The average Bonchev–Trinajstić information content (AvgIpc) is 2.14. The first-order chi connectivity index (χ1) is 8.05. The van der Waals surface area contributed by atoms with Gasteiger partial charge in [0.1, 0.15) is 0 Å². The van der Waals surface area contributed by atoms with Crippen LogP contribution < -0.4 is 5.32 Å². The van der Waals surface area contributed by atoms with Gasteiger partial charge in [-0.15, -0.1) is 0 Å². The van der Waals surface area contributed by atoms with E-state index in [-0.39, 0.29) is 5.54 Å². The van der Waals surface area contributed by atoms with Crippen LogP contribution in [-0.2, 0) is 0 Å². The fourth-order valence-corrected chi connectivity index (χ4v) is 3.94. The average molecular weight is 255 g/mol. The summed E-state index contributed by atoms with van der Waals surface area (Å²) in [4.78, 5) is 0. The standard InChI is InChI=1S/C17H37N/c1-10-11-13(2)15(16(4,5)6)14(3)12-17(7,8)18-9/h13-15,18H,10-12H2,1-9H3. The molecule has 0 heterocycles. The van der Waals surface area contributed by atoms with Gasteiger partial charge in [0, 0.05) is 5.54 Å². The molecule has 1 N–H and O–H groups in total. The molecule has 1 nitrogen and oxygen atoms in total. The van der Waals surface area contributed by atoms with Crippen LogP contribution in [-0.4, -0.2) is 12.6 Å². The molecular weight excluding hydrogens is 218 g/mol. The van der Waals surface area contributed by atoms with Gasteiger partial charge in [0.2, 0.25) is 0 Å². The first kappa shape index (κ1) is 18.0. The number of nitrogens with one attached hydrogen (secondary N) is 1. The van der Waals surface area contributed by atoms with Crippen LogP contribution in [0.2, 0.25) is 0 Å². The Balaban J connectivity index is 4.87. The molecule has 1 heteroatoms. The lowest BCUT2D eigenvalue weighted by Gasteiger charge is -2.42. The van der Waals surface area contributed by atoms with Gasteiger partial charge in [-0.25, -0.2) is 0 Å². The molecule has 0 bridgehead atoms. The highest BCUT2D eigenvalue weighted by Crippen LogP contribution is 2.42. The third-order valence-electron chi connectivity index (χ3n) is 4.48. The largest absolute Gasteiger partial charge is 0.315 e. The van der Waals surface area contributed by atoms with Crippen molar-refractivity contribution in [1.82, 2.24) is 5.32 Å². The topological polar surface area (TPSA) is 12.0 Å². The molecular formula is C17H37N. The molecule has 3 atom stereocenters. The van der Waals surface area contributed by atoms with Crippen LogP contribution in [0.1, 0.15) is 74.7 Å². The predicted molar refractivity (Wildman–Crippen MR) is 83.9 cm³/mol. The summed E-state index contributed by atoms with van der Waals surface area (Å²) in [5.74, 6) is 2.37. The van der Waals surface area contributed by atoms with E-state index in [4.69, 9.17) is 0 Å². The van der Waals surface area contributed by atoms with Crippen LogP contribution in [0.15, 0.2) is 0 Å². The minimum atomic E-state index is 0.245. The minimum absolute atomic E-state index is 0.245. The second-order valence-corrected chi connectivity index (χ2v) is 7.97. The fourth-order valence-electron chi connectivity index (χ4n) is 3.94. The number of hydrogen-bond acceptors (Lipinski definition) is 1. The van der Waals surface area contributed by atoms with Gasteiger partial charge in [-0.3, -0.25) is 0 Å². The second-order valence-electron chi connectivity index (χ2n) is 7.97. The zero-order valence-electron chi connectivity index (χ0n) is 14.4. The molecule has 0 radical (unpaired) electrons. The maximum atomic E-state index is 3.45. The van der Waals surface area contributed by atoms with Crippen molar-refractivity contribution in [1.29, 1.82) is 0 Å². The summed E-state index contributed by atoms with van der Waals surface area (Å²) < 4.78 is 0. The molecule has 0 fully saturated rings. The Kier molecular flexibility index (Phi) is 6.92. The lowest BCUT2D eigenvalue weighted by molar-refractivity contribution is 0.0808. The molecule has 0 saturated carbocycles. The highest BCUT2D eigenvalue weighted by molar-refractivity contribution is 4.87. The molecule has 110 valence electrons. The van der Waals surface area contributed by atoms with E-state index in [1.54, 1.807) is 0 Å². The zero-order valence-corrected chi connectivity index (χ0v) is 14.4. The van der Waals surface area contributed by atoms with E-state index in [1.807, 2.05) is 0 Å². The summed E-state index contributed by atoms with van der Waals surface area (Å²) in [5, 5.41) is 3.45. The minimum Gasteiger partial charge on any atom is -0.315 e. The van der Waals surface area contributed by atoms with E-state index in [9.17, 15) is 0 Å². The third kappa shape index (κ3) is 5.73. The van der Waals surface area contributed by atoms with Crippen molar-refractivity contribution >= 4 is 0 Å². The Morgan fingerprint density at radius 1 is 0.944 bits per heavy atom. The smallest absolute Gasteiger partial charge is 0.0124 e. The van der Waals surface area contributed by atoms with Crippen LogP contribution in [0, 0.1) is 23.2 Å². The Hall–Kier alpha value is -0.0400. The van der Waals surface area contributed by atoms with Gasteiger partial charge >= 0.3 is 0 Å². The molecule has 0 aliphatic heterocycles. The van der Waals surface area contributed by atoms with E-state index in [0.29, 0.717) is 5.41 Å². The zero-order chi connectivity index (χ0) is 14.6. The molecule has 0 amide bonds. The Morgan fingerprint density at radius 2 is 1.44 bits per heavy atom. The number of rotatable bonds is 7. The summed E-state index contributed by atoms with van der Waals surface area (Å²) in [6.45, 7) is 19.1. The summed E-state index contributed by atoms with van der Waals surface area (Å²) in [6.07, 6.45) is 3.90. The molecule has 0 aliphatic rings. The first-order valence-electron chi connectivity index (χ1n) is 7.74. The Morgan fingerprint density at radius 3 is 1.78 bits per heavy atom. The van der Waals surface area contributed by atoms with Gasteiger partial charge in [-0.2, -0.15) is 0 Å². The molecule has 0 aliphatic carbocycles. The highest BCUT2D eigenvalue weighted by Gasteiger charge is 2.35. The van der Waals surface area contributed by atoms with Crippen LogP contribution in [0.4, 0.5) is 0 Å². The van der Waals surface area contributed by atoms with E-state index in [0.717, 1.165) is 17.8 Å². The van der Waals surface area contributed by atoms with Gasteiger partial charge in [-0.1, -0.05) is 54.4 Å². The monoisotopic (exact) mass is 255 g/mol. The summed E-state index contributed by atoms with van der Waals surface area (Å²) in [7, 11) is 2.08. The summed E-state index contributed by atoms with van der Waals surface area (Å²) >= 11 is 0. The predicted octanol–water partition coefficient (Wildman–Crippen LogP) is 5.11. The molecule has 3 unspecified atom stereocenters. The Bertz CT molecular complexity index is 224. The lowest BCUT2D eigenvalue weighted by atomic mass is 9.64. The van der Waals surface area contributed by atoms with Crippen molar-refractivity contribution < 1.29 is 0 Å². The van der Waals surface area contributed by atoms with Crippen LogP contribution in [0.25, 0.3) is 0 Å². The molecule has 0 rings (SSSR count). The maximum absolute atomic E-state index is 3.45. The van der Waals surface area contributed by atoms with Crippen molar-refractivity contribution in [2.75, 3.05) is 7.05 Å². The van der Waals surface area contributed by atoms with Crippen molar-refractivity contribution in [3.05, 3.63) is 0 Å². The molecule has 0 aromatic carbocycles.